The molecule has 0 aromatic carbocycles. The van der Waals surface area contributed by atoms with Gasteiger partial charge in [-0.05, 0) is 19.3 Å². The van der Waals surface area contributed by atoms with Crippen molar-refractivity contribution in [1.29, 1.82) is 0 Å². The Balaban J connectivity index is 2.47. The summed E-state index contributed by atoms with van der Waals surface area (Å²) in [4.78, 5) is 0. The summed E-state index contributed by atoms with van der Waals surface area (Å²) in [6.07, 6.45) is 2.48. The highest BCUT2D eigenvalue weighted by atomic mass is 35.5. The van der Waals surface area contributed by atoms with E-state index in [1.54, 1.807) is 7.11 Å². The first-order chi connectivity index (χ1) is 5.65. The maximum Gasteiger partial charge on any atom is 0.456 e. The van der Waals surface area contributed by atoms with Crippen molar-refractivity contribution < 1.29 is 14.8 Å². The number of alkyl halides is 1. The minimum absolute atomic E-state index is 0.128. The van der Waals surface area contributed by atoms with Crippen LogP contribution in [0.3, 0.4) is 0 Å². The van der Waals surface area contributed by atoms with Crippen molar-refractivity contribution in [2.45, 2.75) is 36.6 Å². The number of methoxy groups -OCH3 is 1. The van der Waals surface area contributed by atoms with Crippen LogP contribution in [0.15, 0.2) is 0 Å². The van der Waals surface area contributed by atoms with Crippen molar-refractivity contribution in [3.63, 3.8) is 0 Å². The predicted molar refractivity (Wildman–Crippen MR) is 48.2 cm³/mol. The molecule has 0 heterocycles. The van der Waals surface area contributed by atoms with Crippen LogP contribution in [0, 0.1) is 0 Å². The van der Waals surface area contributed by atoms with E-state index in [0.29, 0.717) is 6.42 Å². The van der Waals surface area contributed by atoms with Gasteiger partial charge in [0.05, 0.1) is 6.10 Å². The van der Waals surface area contributed by atoms with Gasteiger partial charge in [-0.25, -0.2) is 0 Å². The van der Waals surface area contributed by atoms with Gasteiger partial charge in [-0.1, -0.05) is 0 Å². The standard InChI is InChI=1S/C7H14BClO3/c1-12-5-2-3-7(9)6(4-5)8(10)11/h5-7,10-11H,2-4H2,1H3. The number of hydrogen-bond donors (Lipinski definition) is 2. The number of rotatable bonds is 2. The van der Waals surface area contributed by atoms with Crippen LogP contribution in [0.2, 0.25) is 5.82 Å². The molecule has 0 aromatic rings. The summed E-state index contributed by atoms with van der Waals surface area (Å²) < 4.78 is 5.14. The lowest BCUT2D eigenvalue weighted by molar-refractivity contribution is 0.0681. The summed E-state index contributed by atoms with van der Waals surface area (Å²) in [5.41, 5.74) is 0. The first-order valence-electron chi connectivity index (χ1n) is 4.18. The van der Waals surface area contributed by atoms with E-state index in [-0.39, 0.29) is 17.3 Å². The fourth-order valence-electron chi connectivity index (χ4n) is 1.65. The monoisotopic (exact) mass is 192 g/mol. The number of halogens is 1. The molecule has 5 heteroatoms. The third-order valence-corrected chi connectivity index (χ3v) is 3.02. The van der Waals surface area contributed by atoms with Crippen LogP contribution in [0.4, 0.5) is 0 Å². The molecule has 0 amide bonds. The molecule has 3 unspecified atom stereocenters. The Morgan fingerprint density at radius 3 is 2.58 bits per heavy atom. The third-order valence-electron chi connectivity index (χ3n) is 2.48. The SMILES string of the molecule is COC1CCC(Cl)C(B(O)O)C1. The van der Waals surface area contributed by atoms with Crippen LogP contribution in [0.5, 0.6) is 0 Å². The maximum absolute atomic E-state index is 8.98. The van der Waals surface area contributed by atoms with Gasteiger partial charge in [0, 0.05) is 18.3 Å². The lowest BCUT2D eigenvalue weighted by Crippen LogP contribution is -2.35. The zero-order valence-electron chi connectivity index (χ0n) is 7.11. The van der Waals surface area contributed by atoms with Crippen LogP contribution in [0.25, 0.3) is 0 Å². The van der Waals surface area contributed by atoms with Crippen LogP contribution in [-0.2, 0) is 4.74 Å². The average molecular weight is 192 g/mol. The summed E-state index contributed by atoms with van der Waals surface area (Å²) in [5, 5.41) is 17.8. The first-order valence-corrected chi connectivity index (χ1v) is 4.61. The second-order valence-electron chi connectivity index (χ2n) is 3.26. The fourth-order valence-corrected chi connectivity index (χ4v) is 2.01. The van der Waals surface area contributed by atoms with Crippen LogP contribution < -0.4 is 0 Å². The largest absolute Gasteiger partial charge is 0.456 e. The first kappa shape index (κ1) is 10.3. The van der Waals surface area contributed by atoms with E-state index in [1.165, 1.54) is 0 Å². The summed E-state index contributed by atoms with van der Waals surface area (Å²) in [5.74, 6) is -0.245. The van der Waals surface area contributed by atoms with E-state index in [1.807, 2.05) is 0 Å². The molecule has 70 valence electrons. The van der Waals surface area contributed by atoms with Crippen molar-refractivity contribution in [2.75, 3.05) is 7.11 Å². The molecule has 0 spiro atoms. The van der Waals surface area contributed by atoms with Gasteiger partial charge in [0.2, 0.25) is 0 Å². The van der Waals surface area contributed by atoms with E-state index in [4.69, 9.17) is 26.4 Å². The molecule has 1 aliphatic carbocycles. The molecular weight excluding hydrogens is 178 g/mol. The van der Waals surface area contributed by atoms with Crippen molar-refractivity contribution in [1.82, 2.24) is 0 Å². The zero-order valence-corrected chi connectivity index (χ0v) is 7.87. The molecule has 2 N–H and O–H groups in total. The van der Waals surface area contributed by atoms with E-state index in [2.05, 4.69) is 0 Å². The number of hydrogen-bond acceptors (Lipinski definition) is 3. The van der Waals surface area contributed by atoms with E-state index in [9.17, 15) is 0 Å². The topological polar surface area (TPSA) is 49.7 Å². The highest BCUT2D eigenvalue weighted by Gasteiger charge is 2.36. The van der Waals surface area contributed by atoms with Crippen molar-refractivity contribution >= 4 is 18.7 Å². The van der Waals surface area contributed by atoms with Crippen molar-refractivity contribution in [2.24, 2.45) is 0 Å². The normalized spacial score (nSPS) is 36.5. The van der Waals surface area contributed by atoms with Crippen molar-refractivity contribution in [3.8, 4) is 0 Å². The Labute approximate surface area is 77.8 Å². The van der Waals surface area contributed by atoms with Crippen molar-refractivity contribution in [3.05, 3.63) is 0 Å². The quantitative estimate of drug-likeness (QED) is 0.499. The smallest absolute Gasteiger partial charge is 0.427 e. The second kappa shape index (κ2) is 4.47. The molecule has 0 aliphatic heterocycles. The second-order valence-corrected chi connectivity index (χ2v) is 3.82. The molecule has 12 heavy (non-hydrogen) atoms. The minimum atomic E-state index is -1.31. The molecule has 0 bridgehead atoms. The minimum Gasteiger partial charge on any atom is -0.427 e. The predicted octanol–water partition coefficient (Wildman–Crippen LogP) is 0.636. The van der Waals surface area contributed by atoms with Gasteiger partial charge in [-0.2, -0.15) is 0 Å². The molecular formula is C7H14BClO3. The Morgan fingerprint density at radius 1 is 1.42 bits per heavy atom. The van der Waals surface area contributed by atoms with Gasteiger partial charge >= 0.3 is 7.12 Å². The van der Waals surface area contributed by atoms with Gasteiger partial charge in [0.15, 0.2) is 0 Å². The Kier molecular flexibility index (Phi) is 3.84. The van der Waals surface area contributed by atoms with E-state index < -0.39 is 7.12 Å². The fraction of sp³-hybridized carbons (Fsp3) is 1.00. The lowest BCUT2D eigenvalue weighted by Gasteiger charge is -2.31. The van der Waals surface area contributed by atoms with Gasteiger partial charge < -0.3 is 14.8 Å². The molecule has 1 aliphatic rings. The summed E-state index contributed by atoms with van der Waals surface area (Å²) >= 11 is 5.92. The maximum atomic E-state index is 8.98. The van der Waals surface area contributed by atoms with Gasteiger partial charge in [0.1, 0.15) is 0 Å². The molecule has 0 radical (unpaired) electrons. The van der Waals surface area contributed by atoms with Gasteiger partial charge in [0.25, 0.3) is 0 Å². The Hall–Kier alpha value is 0.235. The highest BCUT2D eigenvalue weighted by Crippen LogP contribution is 2.35. The Bertz CT molecular complexity index is 145. The highest BCUT2D eigenvalue weighted by molar-refractivity contribution is 6.45. The molecule has 0 aromatic heterocycles. The third kappa shape index (κ3) is 2.36. The summed E-state index contributed by atoms with van der Waals surface area (Å²) in [6.45, 7) is 0. The molecule has 1 fully saturated rings. The Morgan fingerprint density at radius 2 is 2.08 bits per heavy atom. The molecule has 0 saturated heterocycles. The van der Waals surface area contributed by atoms with Crippen LogP contribution >= 0.6 is 11.6 Å². The molecule has 1 rings (SSSR count). The summed E-state index contributed by atoms with van der Waals surface area (Å²) in [7, 11) is 0.325. The van der Waals surface area contributed by atoms with Gasteiger partial charge in [-0.15, -0.1) is 11.6 Å². The number of ether oxygens (including phenoxy) is 1. The van der Waals surface area contributed by atoms with Gasteiger partial charge in [-0.3, -0.25) is 0 Å². The molecule has 1 saturated carbocycles. The molecule has 3 nitrogen and oxygen atoms in total. The lowest BCUT2D eigenvalue weighted by atomic mass is 9.64. The van der Waals surface area contributed by atoms with Crippen LogP contribution in [-0.4, -0.2) is 35.8 Å². The molecule has 3 atom stereocenters. The van der Waals surface area contributed by atoms with Crippen LogP contribution in [0.1, 0.15) is 19.3 Å². The average Bonchev–Trinajstić information content (AvgIpc) is 2.05. The van der Waals surface area contributed by atoms with E-state index in [0.717, 1.165) is 12.8 Å². The zero-order chi connectivity index (χ0) is 9.14. The van der Waals surface area contributed by atoms with E-state index >= 15 is 0 Å². The summed E-state index contributed by atoms with van der Waals surface area (Å²) in [6, 6.07) is 0.